The third-order valence-corrected chi connectivity index (χ3v) is 7.77. The summed E-state index contributed by atoms with van der Waals surface area (Å²) in [6.45, 7) is -0.0879. The first kappa shape index (κ1) is 20.3. The average molecular weight is 466 g/mol. The van der Waals surface area contributed by atoms with E-state index in [-0.39, 0.29) is 22.2 Å². The van der Waals surface area contributed by atoms with Crippen LogP contribution in [0.2, 0.25) is 0 Å². The van der Waals surface area contributed by atoms with E-state index in [0.717, 1.165) is 22.3 Å². The topological polar surface area (TPSA) is 81.1 Å². The Labute approximate surface area is 186 Å². The van der Waals surface area contributed by atoms with Gasteiger partial charge in [-0.1, -0.05) is 41.7 Å². The number of benzene rings is 3. The number of carbonyl (C=O) groups excluding carboxylic acids is 1. The van der Waals surface area contributed by atoms with Crippen molar-refractivity contribution in [1.82, 2.24) is 9.55 Å². The molecule has 0 aliphatic carbocycles. The number of fused-ring (bicyclic) bond motifs is 2. The lowest BCUT2D eigenvalue weighted by Gasteiger charge is -2.05. The number of nitrogens with zero attached hydrogens (tertiary/aromatic N) is 2. The average Bonchev–Trinajstić information content (AvgIpc) is 3.35. The predicted molar refractivity (Wildman–Crippen MR) is 122 cm³/mol. The maximum Gasteiger partial charge on any atom is 0.246 e. The zero-order chi connectivity index (χ0) is 22.3. The number of anilines is 1. The highest BCUT2D eigenvalue weighted by molar-refractivity contribution is 7.91. The van der Waals surface area contributed by atoms with Crippen molar-refractivity contribution < 1.29 is 17.6 Å². The number of sulfone groups is 1. The summed E-state index contributed by atoms with van der Waals surface area (Å²) in [5.74, 6) is -0.839. The molecule has 1 N–H and O–H groups in total. The molecule has 32 heavy (non-hydrogen) atoms. The van der Waals surface area contributed by atoms with Gasteiger partial charge in [-0.05, 0) is 42.5 Å². The van der Waals surface area contributed by atoms with Gasteiger partial charge in [-0.25, -0.2) is 17.8 Å². The van der Waals surface area contributed by atoms with Crippen LogP contribution in [0.4, 0.5) is 9.52 Å². The maximum absolute atomic E-state index is 13.3. The smallest absolute Gasteiger partial charge is 0.246 e. The van der Waals surface area contributed by atoms with E-state index < -0.39 is 15.7 Å². The van der Waals surface area contributed by atoms with Gasteiger partial charge in [0.1, 0.15) is 12.4 Å². The molecule has 1 amide bonds. The number of halogens is 1. The first-order valence-electron chi connectivity index (χ1n) is 9.66. The fraction of sp³-hybridized carbons (Fsp3) is 0.0435. The van der Waals surface area contributed by atoms with Crippen LogP contribution in [0.5, 0.6) is 0 Å². The molecule has 3 aromatic carbocycles. The number of para-hydroxylation sites is 2. The van der Waals surface area contributed by atoms with Crippen molar-refractivity contribution in [1.29, 1.82) is 0 Å². The van der Waals surface area contributed by atoms with Gasteiger partial charge in [0.2, 0.25) is 15.7 Å². The number of aromatic nitrogens is 2. The Morgan fingerprint density at radius 3 is 2.50 bits per heavy atom. The normalized spacial score (nSPS) is 11.8. The molecule has 0 bridgehead atoms. The molecule has 0 atom stereocenters. The molecule has 0 fully saturated rings. The zero-order valence-electron chi connectivity index (χ0n) is 16.5. The number of thiazole rings is 1. The summed E-state index contributed by atoms with van der Waals surface area (Å²) in [7, 11) is -3.90. The highest BCUT2D eigenvalue weighted by Crippen LogP contribution is 2.31. The molecule has 0 spiro atoms. The summed E-state index contributed by atoms with van der Waals surface area (Å²) in [4.78, 5) is 17.2. The molecule has 0 aliphatic heterocycles. The third kappa shape index (κ3) is 3.65. The van der Waals surface area contributed by atoms with E-state index in [4.69, 9.17) is 0 Å². The molecule has 0 radical (unpaired) electrons. The number of hydrogen-bond acceptors (Lipinski definition) is 5. The number of hydrogen-bond donors (Lipinski definition) is 1. The number of amides is 1. The molecule has 2 heterocycles. The number of nitrogens with one attached hydrogen (secondary N) is 1. The summed E-state index contributed by atoms with van der Waals surface area (Å²) in [5, 5.41) is 3.76. The Balaban J connectivity index is 1.48. The van der Waals surface area contributed by atoms with Crippen LogP contribution in [-0.4, -0.2) is 23.9 Å². The van der Waals surface area contributed by atoms with Gasteiger partial charge >= 0.3 is 0 Å². The Hall–Kier alpha value is -3.56. The molecule has 0 saturated carbocycles. The SMILES string of the molecule is O=C(Cn1cc(S(=O)(=O)c2ccc(F)cc2)c2ccccc21)Nc1nc2ccccc2s1. The van der Waals surface area contributed by atoms with E-state index in [1.54, 1.807) is 28.8 Å². The van der Waals surface area contributed by atoms with Gasteiger partial charge in [-0.15, -0.1) is 0 Å². The largest absolute Gasteiger partial charge is 0.337 e. The molecule has 5 aromatic rings. The van der Waals surface area contributed by atoms with Crippen LogP contribution in [-0.2, 0) is 21.2 Å². The lowest BCUT2D eigenvalue weighted by molar-refractivity contribution is -0.116. The molecular weight excluding hydrogens is 449 g/mol. The van der Waals surface area contributed by atoms with Gasteiger partial charge in [-0.2, -0.15) is 0 Å². The fourth-order valence-corrected chi connectivity index (χ4v) is 5.90. The third-order valence-electron chi connectivity index (χ3n) is 5.02. The van der Waals surface area contributed by atoms with Crippen molar-refractivity contribution in [3.63, 3.8) is 0 Å². The first-order chi connectivity index (χ1) is 15.4. The van der Waals surface area contributed by atoms with Gasteiger partial charge in [0.15, 0.2) is 5.13 Å². The summed E-state index contributed by atoms with van der Waals surface area (Å²) in [5.41, 5.74) is 1.40. The van der Waals surface area contributed by atoms with Crippen LogP contribution >= 0.6 is 11.3 Å². The molecule has 160 valence electrons. The lowest BCUT2D eigenvalue weighted by atomic mass is 10.2. The van der Waals surface area contributed by atoms with Crippen LogP contribution < -0.4 is 5.32 Å². The fourth-order valence-electron chi connectivity index (χ4n) is 3.54. The molecule has 2 aromatic heterocycles. The van der Waals surface area contributed by atoms with Crippen molar-refractivity contribution >= 4 is 53.3 Å². The van der Waals surface area contributed by atoms with Gasteiger partial charge in [0, 0.05) is 17.1 Å². The van der Waals surface area contributed by atoms with E-state index in [9.17, 15) is 17.6 Å². The van der Waals surface area contributed by atoms with E-state index in [1.165, 1.54) is 29.7 Å². The molecule has 0 unspecified atom stereocenters. The summed E-state index contributed by atoms with van der Waals surface area (Å²) >= 11 is 1.37. The van der Waals surface area contributed by atoms with Crippen LogP contribution in [0.3, 0.4) is 0 Å². The van der Waals surface area contributed by atoms with Crippen molar-refractivity contribution in [2.24, 2.45) is 0 Å². The minimum atomic E-state index is -3.90. The Bertz CT molecular complexity index is 1540. The second-order valence-corrected chi connectivity index (χ2v) is 10.1. The molecule has 0 saturated heterocycles. The lowest BCUT2D eigenvalue weighted by Crippen LogP contribution is -2.18. The van der Waals surface area contributed by atoms with Gasteiger partial charge < -0.3 is 9.88 Å². The molecule has 5 rings (SSSR count). The van der Waals surface area contributed by atoms with Gasteiger partial charge in [0.05, 0.1) is 20.0 Å². The Kier molecular flexibility index (Phi) is 4.99. The molecule has 0 aliphatic rings. The highest BCUT2D eigenvalue weighted by atomic mass is 32.2. The van der Waals surface area contributed by atoms with E-state index >= 15 is 0 Å². The summed E-state index contributed by atoms with van der Waals surface area (Å²) < 4.78 is 42.2. The van der Waals surface area contributed by atoms with Crippen LogP contribution in [0, 0.1) is 5.82 Å². The van der Waals surface area contributed by atoms with Gasteiger partial charge in [-0.3, -0.25) is 4.79 Å². The maximum atomic E-state index is 13.3. The van der Waals surface area contributed by atoms with E-state index in [0.29, 0.717) is 16.0 Å². The minimum absolute atomic E-state index is 0.0132. The quantitative estimate of drug-likeness (QED) is 0.376. The van der Waals surface area contributed by atoms with Crippen molar-refractivity contribution in [3.05, 3.63) is 84.8 Å². The second-order valence-electron chi connectivity index (χ2n) is 7.13. The van der Waals surface area contributed by atoms with Crippen molar-refractivity contribution in [3.8, 4) is 0 Å². The molecule has 6 nitrogen and oxygen atoms in total. The summed E-state index contributed by atoms with van der Waals surface area (Å²) in [6, 6.07) is 19.2. The second kappa shape index (κ2) is 7.85. The number of rotatable bonds is 5. The van der Waals surface area contributed by atoms with E-state index in [2.05, 4.69) is 10.3 Å². The van der Waals surface area contributed by atoms with Crippen molar-refractivity contribution in [2.75, 3.05) is 5.32 Å². The predicted octanol–water partition coefficient (Wildman–Crippen LogP) is 4.86. The van der Waals surface area contributed by atoms with Gasteiger partial charge in [0.25, 0.3) is 0 Å². The number of carbonyl (C=O) groups is 1. The minimum Gasteiger partial charge on any atom is -0.337 e. The van der Waals surface area contributed by atoms with Crippen molar-refractivity contribution in [2.45, 2.75) is 16.3 Å². The first-order valence-corrected chi connectivity index (χ1v) is 12.0. The zero-order valence-corrected chi connectivity index (χ0v) is 18.2. The Morgan fingerprint density at radius 1 is 1.00 bits per heavy atom. The summed E-state index contributed by atoms with van der Waals surface area (Å²) in [6.07, 6.45) is 1.45. The van der Waals surface area contributed by atoms with Crippen LogP contribution in [0.15, 0.2) is 88.8 Å². The monoisotopic (exact) mass is 465 g/mol. The van der Waals surface area contributed by atoms with Crippen LogP contribution in [0.1, 0.15) is 0 Å². The Morgan fingerprint density at radius 2 is 1.72 bits per heavy atom. The molecule has 9 heteroatoms. The highest BCUT2D eigenvalue weighted by Gasteiger charge is 2.24. The van der Waals surface area contributed by atoms with Crippen LogP contribution in [0.25, 0.3) is 21.1 Å². The van der Waals surface area contributed by atoms with E-state index in [1.807, 2.05) is 24.3 Å². The standard InChI is InChI=1S/C23H16FN3O3S2/c24-15-9-11-16(12-10-15)32(29,30)21-13-27(19-7-3-1-5-17(19)21)14-22(28)26-23-25-18-6-2-4-8-20(18)31-23/h1-13H,14H2,(H,25,26,28). The molecular formula is C23H16FN3O3S2.